The lowest BCUT2D eigenvalue weighted by Gasteiger charge is -2.39. The van der Waals surface area contributed by atoms with Crippen LogP contribution in [0.5, 0.6) is 0 Å². The van der Waals surface area contributed by atoms with Gasteiger partial charge in [-0.2, -0.15) is 67.4 Å². The minimum atomic E-state index is -6.65. The molecule has 0 amide bonds. The van der Waals surface area contributed by atoms with Gasteiger partial charge in [-0.3, -0.25) is 0 Å². The van der Waals surface area contributed by atoms with Gasteiger partial charge in [-0.05, 0) is 6.92 Å². The van der Waals surface area contributed by atoms with Gasteiger partial charge < -0.3 is 0 Å². The van der Waals surface area contributed by atoms with Gasteiger partial charge in [-0.15, -0.1) is 0 Å². The third-order valence-corrected chi connectivity index (χ3v) is 4.72. The largest absolute Gasteiger partial charge is 0.406 e. The van der Waals surface area contributed by atoms with Gasteiger partial charge in [0.25, 0.3) is 0 Å². The van der Waals surface area contributed by atoms with Gasteiger partial charge in [0.15, 0.2) is 17.5 Å². The third-order valence-electron chi connectivity index (χ3n) is 3.28. The first-order chi connectivity index (χ1) is 10.5. The first-order valence-corrected chi connectivity index (χ1v) is 7.57. The molecule has 0 aromatic rings. The van der Waals surface area contributed by atoms with E-state index in [1.165, 1.54) is 0 Å². The third kappa shape index (κ3) is 6.29. The Morgan fingerprint density at radius 2 is 0.760 bits per heavy atom. The quantitative estimate of drug-likeness (QED) is 0.467. The van der Waals surface area contributed by atoms with Crippen LogP contribution in [0.25, 0.3) is 0 Å². The maximum absolute atomic E-state index is 12.7. The highest BCUT2D eigenvalue weighted by Crippen LogP contribution is 2.63. The van der Waals surface area contributed by atoms with E-state index in [0.29, 0.717) is 0 Å². The molecule has 3 N–H and O–H groups in total. The van der Waals surface area contributed by atoms with Crippen LogP contribution < -0.4 is 0 Å². The molecular weight excluding hydrogens is 415 g/mol. The number of hydrogen-bond acceptors (Lipinski definition) is 3. The fraction of sp³-hybridized carbons (Fsp3) is 1.00. The van der Waals surface area contributed by atoms with Crippen LogP contribution in [0, 0.1) is 17.8 Å². The number of alkyl halides is 12. The van der Waals surface area contributed by atoms with Crippen molar-refractivity contribution in [3.8, 4) is 0 Å². The van der Waals surface area contributed by atoms with Gasteiger partial charge >= 0.3 is 32.6 Å². The Balaban J connectivity index is 6.73. The van der Waals surface area contributed by atoms with Crippen molar-refractivity contribution in [2.75, 3.05) is 0 Å². The van der Waals surface area contributed by atoms with Crippen LogP contribution >= 0.6 is 7.94 Å². The summed E-state index contributed by atoms with van der Waals surface area (Å²) < 4.78 is 152. The van der Waals surface area contributed by atoms with Crippen molar-refractivity contribution >= 4 is 7.94 Å². The molecule has 152 valence electrons. The SMILES string of the molecule is CC(C(C(C(F)(F)F)C(F)(F)F)C(C(F)(F)F)C(F)(F)F)[P+](O)(O)O. The summed E-state index contributed by atoms with van der Waals surface area (Å²) in [6.45, 7) is -0.173. The molecule has 0 fully saturated rings. The van der Waals surface area contributed by atoms with Crippen LogP contribution in [-0.4, -0.2) is 45.0 Å². The van der Waals surface area contributed by atoms with Crippen LogP contribution in [0.2, 0.25) is 0 Å². The van der Waals surface area contributed by atoms with Crippen molar-refractivity contribution in [3.05, 3.63) is 0 Å². The van der Waals surface area contributed by atoms with E-state index in [1.807, 2.05) is 0 Å². The maximum Gasteiger partial charge on any atom is 0.406 e. The highest BCUT2D eigenvalue weighted by atomic mass is 31.2. The zero-order chi connectivity index (χ0) is 20.8. The van der Waals surface area contributed by atoms with E-state index in [-0.39, 0.29) is 6.92 Å². The minimum Gasteiger partial charge on any atom is -0.193 e. The number of halogens is 12. The zero-order valence-corrected chi connectivity index (χ0v) is 12.5. The molecule has 0 aliphatic heterocycles. The van der Waals surface area contributed by atoms with Crippen LogP contribution in [0.15, 0.2) is 0 Å². The first kappa shape index (κ1) is 24.5. The van der Waals surface area contributed by atoms with Gasteiger partial charge in [-0.25, -0.2) is 0 Å². The molecule has 0 rings (SSSR count). The normalized spacial score (nSPS) is 16.9. The second-order valence-corrected chi connectivity index (χ2v) is 7.10. The summed E-state index contributed by atoms with van der Waals surface area (Å²) >= 11 is 0. The van der Waals surface area contributed by atoms with Crippen LogP contribution in [-0.2, 0) is 0 Å². The van der Waals surface area contributed by atoms with Gasteiger partial charge in [0.2, 0.25) is 0 Å². The second-order valence-electron chi connectivity index (χ2n) is 5.05. The Morgan fingerprint density at radius 1 is 0.560 bits per heavy atom. The van der Waals surface area contributed by atoms with E-state index < -0.39 is 56.1 Å². The molecule has 0 saturated carbocycles. The Morgan fingerprint density at radius 3 is 0.880 bits per heavy atom. The smallest absolute Gasteiger partial charge is 0.193 e. The molecular formula is C9H10F12O3P+. The number of hydrogen-bond donors (Lipinski definition) is 3. The predicted molar refractivity (Wildman–Crippen MR) is 57.7 cm³/mol. The molecule has 0 heterocycles. The molecule has 0 aromatic heterocycles. The van der Waals surface area contributed by atoms with Gasteiger partial charge in [0, 0.05) is 5.92 Å². The minimum absolute atomic E-state index is 0.173. The molecule has 1 unspecified atom stereocenters. The van der Waals surface area contributed by atoms with E-state index in [1.54, 1.807) is 0 Å². The molecule has 0 bridgehead atoms. The van der Waals surface area contributed by atoms with Crippen molar-refractivity contribution in [3.63, 3.8) is 0 Å². The summed E-state index contributed by atoms with van der Waals surface area (Å²) in [4.78, 5) is 26.3. The highest BCUT2D eigenvalue weighted by molar-refractivity contribution is 7.59. The van der Waals surface area contributed by atoms with E-state index in [2.05, 4.69) is 0 Å². The summed E-state index contributed by atoms with van der Waals surface area (Å²) in [6.07, 6.45) is -26.6. The van der Waals surface area contributed by atoms with E-state index in [0.717, 1.165) is 0 Å². The first-order valence-electron chi connectivity index (χ1n) is 5.86. The van der Waals surface area contributed by atoms with E-state index in [9.17, 15) is 52.7 Å². The van der Waals surface area contributed by atoms with Crippen LogP contribution in [0.3, 0.4) is 0 Å². The molecule has 0 saturated heterocycles. The predicted octanol–water partition coefficient (Wildman–Crippen LogP) is 4.21. The zero-order valence-electron chi connectivity index (χ0n) is 11.6. The standard InChI is InChI=1S/C9H10F12O3P/c1-2(25(22,23)24)3(4(6(10,11)12)7(13,14)15)5(8(16,17)18)9(19,20)21/h2-5,22-24H,1H3/q+1. The summed E-state index contributed by atoms with van der Waals surface area (Å²) in [6, 6.07) is 0. The lowest BCUT2D eigenvalue weighted by molar-refractivity contribution is -0.348. The van der Waals surface area contributed by atoms with Crippen molar-refractivity contribution in [1.29, 1.82) is 0 Å². The monoisotopic (exact) mass is 425 g/mol. The maximum atomic E-state index is 12.7. The Bertz CT molecular complexity index is 385. The summed E-state index contributed by atoms with van der Waals surface area (Å²) in [5.74, 6) is -15.0. The second kappa shape index (κ2) is 6.89. The molecule has 1 atom stereocenters. The Hall–Kier alpha value is -0.530. The Kier molecular flexibility index (Phi) is 6.74. The summed E-state index contributed by atoms with van der Waals surface area (Å²) in [5.41, 5.74) is -3.44. The van der Waals surface area contributed by atoms with Crippen molar-refractivity contribution in [1.82, 2.24) is 0 Å². The lowest BCUT2D eigenvalue weighted by Crippen LogP contribution is -2.55. The van der Waals surface area contributed by atoms with Crippen molar-refractivity contribution < 1.29 is 67.4 Å². The average Bonchev–Trinajstić information content (AvgIpc) is 2.17. The molecule has 0 aliphatic carbocycles. The summed E-state index contributed by atoms with van der Waals surface area (Å²) in [5, 5.41) is 0. The number of rotatable bonds is 4. The lowest BCUT2D eigenvalue weighted by atomic mass is 9.77. The molecule has 25 heavy (non-hydrogen) atoms. The highest BCUT2D eigenvalue weighted by Gasteiger charge is 2.74. The molecule has 0 radical (unpaired) electrons. The molecule has 3 nitrogen and oxygen atoms in total. The van der Waals surface area contributed by atoms with Gasteiger partial charge in [0.1, 0.15) is 0 Å². The molecule has 0 aromatic carbocycles. The van der Waals surface area contributed by atoms with Gasteiger partial charge in [0.05, 0.1) is 0 Å². The molecule has 0 spiro atoms. The van der Waals surface area contributed by atoms with Crippen molar-refractivity contribution in [2.24, 2.45) is 17.8 Å². The fourth-order valence-corrected chi connectivity index (χ4v) is 3.03. The fourth-order valence-electron chi connectivity index (χ4n) is 2.22. The van der Waals surface area contributed by atoms with E-state index >= 15 is 0 Å². The van der Waals surface area contributed by atoms with Crippen LogP contribution in [0.1, 0.15) is 6.92 Å². The molecule has 16 heteroatoms. The Labute approximate surface area is 131 Å². The van der Waals surface area contributed by atoms with Crippen LogP contribution in [0.4, 0.5) is 52.7 Å². The summed E-state index contributed by atoms with van der Waals surface area (Å²) in [7, 11) is -5.95. The topological polar surface area (TPSA) is 60.7 Å². The van der Waals surface area contributed by atoms with Crippen molar-refractivity contribution in [2.45, 2.75) is 37.3 Å². The average molecular weight is 425 g/mol. The van der Waals surface area contributed by atoms with Gasteiger partial charge in [-0.1, -0.05) is 0 Å². The van der Waals surface area contributed by atoms with E-state index in [4.69, 9.17) is 14.7 Å². The molecule has 0 aliphatic rings.